The minimum absolute atomic E-state index is 0.578. The van der Waals surface area contributed by atoms with Gasteiger partial charge in [-0.3, -0.25) is 0 Å². The monoisotopic (exact) mass is 440 g/mol. The second-order valence-electron chi connectivity index (χ2n) is 10.0. The van der Waals surface area contributed by atoms with Crippen LogP contribution in [-0.4, -0.2) is 53.6 Å². The Hall–Kier alpha value is 0.0569. The largest absolute Gasteiger partial charge is 0.420 e. The molecule has 3 heterocycles. The summed E-state index contributed by atoms with van der Waals surface area (Å²) in [5.41, 5.74) is 0. The minimum atomic E-state index is -1.58. The Kier molecular flexibility index (Phi) is 11.7. The number of ether oxygens (including phenoxy) is 3. The first kappa shape index (κ1) is 24.7. The van der Waals surface area contributed by atoms with Gasteiger partial charge >= 0.3 is 0 Å². The Morgan fingerprint density at radius 3 is 1.13 bits per heavy atom. The van der Waals surface area contributed by atoms with E-state index in [0.717, 1.165) is 19.8 Å². The van der Waals surface area contributed by atoms with Gasteiger partial charge in [-0.1, -0.05) is 57.8 Å². The molecule has 176 valence electrons. The van der Waals surface area contributed by atoms with Gasteiger partial charge in [-0.2, -0.15) is 0 Å². The van der Waals surface area contributed by atoms with Crippen molar-refractivity contribution in [3.05, 3.63) is 0 Å². The lowest BCUT2D eigenvalue weighted by Gasteiger charge is -2.31. The first-order valence-corrected chi connectivity index (χ1v) is 15.7. The maximum Gasteiger partial charge on any atom is 0.192 e. The SMILES string of the molecule is CO[Si](CCCCCC1CCO1)(CCCCCC1CCO1)CCCCCC1CCO1. The molecular weight excluding hydrogens is 392 g/mol. The van der Waals surface area contributed by atoms with Gasteiger partial charge in [0.2, 0.25) is 0 Å². The van der Waals surface area contributed by atoms with Crippen LogP contribution in [0, 0.1) is 0 Å². The molecule has 3 atom stereocenters. The van der Waals surface area contributed by atoms with E-state index in [1.54, 1.807) is 0 Å². The molecule has 30 heavy (non-hydrogen) atoms. The highest BCUT2D eigenvalue weighted by atomic mass is 28.4. The fraction of sp³-hybridized carbons (Fsp3) is 1.00. The van der Waals surface area contributed by atoms with Crippen LogP contribution in [0.2, 0.25) is 18.1 Å². The van der Waals surface area contributed by atoms with E-state index < -0.39 is 8.32 Å². The zero-order chi connectivity index (χ0) is 20.9. The van der Waals surface area contributed by atoms with Crippen LogP contribution in [0.3, 0.4) is 0 Å². The van der Waals surface area contributed by atoms with Gasteiger partial charge < -0.3 is 18.6 Å². The van der Waals surface area contributed by atoms with Gasteiger partial charge in [0, 0.05) is 26.9 Å². The summed E-state index contributed by atoms with van der Waals surface area (Å²) in [4.78, 5) is 0. The molecule has 5 heteroatoms. The van der Waals surface area contributed by atoms with Crippen molar-refractivity contribution in [1.29, 1.82) is 0 Å². The normalized spacial score (nSPS) is 27.7. The maximum atomic E-state index is 6.38. The van der Waals surface area contributed by atoms with Crippen LogP contribution >= 0.6 is 0 Å². The molecule has 0 N–H and O–H groups in total. The van der Waals surface area contributed by atoms with Crippen molar-refractivity contribution in [2.45, 2.75) is 133 Å². The third-order valence-corrected chi connectivity index (χ3v) is 12.4. The second-order valence-corrected chi connectivity index (χ2v) is 14.3. The molecular formula is C25H48O4Si. The van der Waals surface area contributed by atoms with Crippen molar-refractivity contribution in [3.63, 3.8) is 0 Å². The maximum absolute atomic E-state index is 6.38. The highest BCUT2D eigenvalue weighted by molar-refractivity contribution is 6.73. The molecule has 3 aliphatic heterocycles. The summed E-state index contributed by atoms with van der Waals surface area (Å²) in [6.45, 7) is 2.97. The Bertz CT molecular complexity index is 375. The standard InChI is InChI=1S/C25H48O4Si/c1-26-30(20-8-2-5-11-23-14-17-27-23,21-9-3-6-12-24-15-18-28-24)22-10-4-7-13-25-16-19-29-25/h23-25H,2-22H2,1H3. The van der Waals surface area contributed by atoms with Crippen LogP contribution < -0.4 is 0 Å². The summed E-state index contributed by atoms with van der Waals surface area (Å²) in [6.07, 6.45) is 21.6. The Morgan fingerprint density at radius 1 is 0.567 bits per heavy atom. The van der Waals surface area contributed by atoms with Crippen LogP contribution in [-0.2, 0) is 18.6 Å². The van der Waals surface area contributed by atoms with Crippen molar-refractivity contribution in [2.24, 2.45) is 0 Å². The number of unbranched alkanes of at least 4 members (excludes halogenated alkanes) is 6. The highest BCUT2D eigenvalue weighted by Crippen LogP contribution is 2.31. The van der Waals surface area contributed by atoms with Gasteiger partial charge in [0.15, 0.2) is 8.32 Å². The van der Waals surface area contributed by atoms with E-state index in [9.17, 15) is 0 Å². The van der Waals surface area contributed by atoms with Crippen LogP contribution in [0.25, 0.3) is 0 Å². The topological polar surface area (TPSA) is 36.9 Å². The smallest absolute Gasteiger partial charge is 0.192 e. The molecule has 0 radical (unpaired) electrons. The Morgan fingerprint density at radius 2 is 0.900 bits per heavy atom. The molecule has 0 saturated carbocycles. The number of rotatable bonds is 19. The van der Waals surface area contributed by atoms with Crippen LogP contribution in [0.15, 0.2) is 0 Å². The van der Waals surface area contributed by atoms with E-state index >= 15 is 0 Å². The lowest BCUT2D eigenvalue weighted by molar-refractivity contribution is -0.0556. The summed E-state index contributed by atoms with van der Waals surface area (Å²) >= 11 is 0. The van der Waals surface area contributed by atoms with Gasteiger partial charge in [0.25, 0.3) is 0 Å². The van der Waals surface area contributed by atoms with Gasteiger partial charge in [-0.05, 0) is 56.7 Å². The van der Waals surface area contributed by atoms with Gasteiger partial charge in [0.05, 0.1) is 18.3 Å². The van der Waals surface area contributed by atoms with Crippen molar-refractivity contribution < 1.29 is 18.6 Å². The van der Waals surface area contributed by atoms with E-state index in [0.29, 0.717) is 18.3 Å². The zero-order valence-corrected chi connectivity index (χ0v) is 20.7. The molecule has 3 saturated heterocycles. The highest BCUT2D eigenvalue weighted by Gasteiger charge is 2.32. The second kappa shape index (κ2) is 14.3. The van der Waals surface area contributed by atoms with E-state index in [4.69, 9.17) is 18.6 Å². The van der Waals surface area contributed by atoms with Gasteiger partial charge in [0.1, 0.15) is 0 Å². The lowest BCUT2D eigenvalue weighted by Crippen LogP contribution is -2.37. The third kappa shape index (κ3) is 8.89. The van der Waals surface area contributed by atoms with Crippen LogP contribution in [0.1, 0.15) is 96.3 Å². The molecule has 0 aromatic heterocycles. The third-order valence-electron chi connectivity index (χ3n) is 7.79. The molecule has 0 aliphatic carbocycles. The summed E-state index contributed by atoms with van der Waals surface area (Å²) < 4.78 is 23.1. The molecule has 0 aromatic rings. The van der Waals surface area contributed by atoms with E-state index in [1.165, 1.54) is 114 Å². The molecule has 3 unspecified atom stereocenters. The molecule has 0 bridgehead atoms. The van der Waals surface area contributed by atoms with E-state index in [1.807, 2.05) is 7.11 Å². The Labute approximate surface area is 186 Å². The average molecular weight is 441 g/mol. The predicted molar refractivity (Wildman–Crippen MR) is 126 cm³/mol. The fourth-order valence-corrected chi connectivity index (χ4v) is 9.25. The van der Waals surface area contributed by atoms with E-state index in [-0.39, 0.29) is 0 Å². The number of hydrogen-bond acceptors (Lipinski definition) is 4. The summed E-state index contributed by atoms with van der Waals surface area (Å²) in [6, 6.07) is 4.10. The molecule has 0 amide bonds. The van der Waals surface area contributed by atoms with Gasteiger partial charge in [-0.25, -0.2) is 0 Å². The Balaban J connectivity index is 1.31. The van der Waals surface area contributed by atoms with Crippen LogP contribution in [0.5, 0.6) is 0 Å². The number of hydrogen-bond donors (Lipinski definition) is 0. The van der Waals surface area contributed by atoms with E-state index in [2.05, 4.69) is 0 Å². The van der Waals surface area contributed by atoms with Crippen LogP contribution in [0.4, 0.5) is 0 Å². The van der Waals surface area contributed by atoms with Crippen molar-refractivity contribution in [2.75, 3.05) is 26.9 Å². The van der Waals surface area contributed by atoms with Crippen molar-refractivity contribution in [3.8, 4) is 0 Å². The first-order valence-electron chi connectivity index (χ1n) is 13.2. The summed E-state index contributed by atoms with van der Waals surface area (Å²) in [5.74, 6) is 0. The zero-order valence-electron chi connectivity index (χ0n) is 19.7. The molecule has 0 spiro atoms. The molecule has 3 rings (SSSR count). The fourth-order valence-electron chi connectivity index (χ4n) is 5.21. The molecule has 4 nitrogen and oxygen atoms in total. The molecule has 3 aliphatic rings. The first-order chi connectivity index (χ1) is 14.8. The molecule has 3 fully saturated rings. The average Bonchev–Trinajstić information content (AvgIpc) is 2.65. The summed E-state index contributed by atoms with van der Waals surface area (Å²) in [7, 11) is 0.449. The van der Waals surface area contributed by atoms with Crippen molar-refractivity contribution >= 4 is 8.32 Å². The molecule has 0 aromatic carbocycles. The lowest BCUT2D eigenvalue weighted by atomic mass is 10.1. The summed E-state index contributed by atoms with van der Waals surface area (Å²) in [5, 5.41) is 0. The predicted octanol–water partition coefficient (Wildman–Crippen LogP) is 6.63. The minimum Gasteiger partial charge on any atom is -0.420 e. The quantitative estimate of drug-likeness (QED) is 0.167. The van der Waals surface area contributed by atoms with Gasteiger partial charge in [-0.15, -0.1) is 0 Å². The van der Waals surface area contributed by atoms with Crippen molar-refractivity contribution in [1.82, 2.24) is 0 Å².